The molecule has 2 aromatic heterocycles. The lowest BCUT2D eigenvalue weighted by Gasteiger charge is -2.32. The van der Waals surface area contributed by atoms with Gasteiger partial charge in [-0.15, -0.1) is 0 Å². The first-order valence-electron chi connectivity index (χ1n) is 10.4. The lowest BCUT2D eigenvalue weighted by Crippen LogP contribution is -2.44. The van der Waals surface area contributed by atoms with Crippen molar-refractivity contribution in [3.63, 3.8) is 0 Å². The number of hydrogen-bond donors (Lipinski definition) is 1. The Bertz CT molecular complexity index is 1010. The zero-order valence-electron chi connectivity index (χ0n) is 17.2. The third-order valence-corrected chi connectivity index (χ3v) is 5.15. The lowest BCUT2D eigenvalue weighted by atomic mass is 10.1. The maximum absolute atomic E-state index is 12.8. The standard InChI is InChI=1S/C23H25N5O3/c29-22(27-12-6-9-20(15-27)31-17-18-7-2-1-3-8-18)16-28-14-19(13-25-28)26-23(30)21-10-4-5-11-24-21/h1-5,7-8,10-11,13-14,20H,6,9,12,15-17H2,(H,26,30). The quantitative estimate of drug-likeness (QED) is 0.636. The summed E-state index contributed by atoms with van der Waals surface area (Å²) in [6.07, 6.45) is 6.62. The number of nitrogens with zero attached hydrogens (tertiary/aromatic N) is 4. The van der Waals surface area contributed by atoms with Crippen molar-refractivity contribution in [1.29, 1.82) is 0 Å². The molecule has 1 saturated heterocycles. The summed E-state index contributed by atoms with van der Waals surface area (Å²) in [4.78, 5) is 30.8. The van der Waals surface area contributed by atoms with Crippen LogP contribution in [-0.2, 0) is 22.7 Å². The van der Waals surface area contributed by atoms with Gasteiger partial charge in [-0.1, -0.05) is 36.4 Å². The molecule has 1 N–H and O–H groups in total. The molecule has 8 nitrogen and oxygen atoms in total. The maximum atomic E-state index is 12.8. The summed E-state index contributed by atoms with van der Waals surface area (Å²) in [5, 5.41) is 6.94. The molecule has 1 fully saturated rings. The number of hydrogen-bond acceptors (Lipinski definition) is 5. The van der Waals surface area contributed by atoms with E-state index in [2.05, 4.69) is 15.4 Å². The summed E-state index contributed by atoms with van der Waals surface area (Å²) in [6, 6.07) is 15.2. The zero-order valence-corrected chi connectivity index (χ0v) is 17.2. The largest absolute Gasteiger partial charge is 0.372 e. The molecule has 3 aromatic rings. The average Bonchev–Trinajstić information content (AvgIpc) is 3.25. The van der Waals surface area contributed by atoms with Crippen molar-refractivity contribution >= 4 is 17.5 Å². The fraction of sp³-hybridized carbons (Fsp3) is 0.304. The van der Waals surface area contributed by atoms with Crippen LogP contribution in [0.1, 0.15) is 28.9 Å². The van der Waals surface area contributed by atoms with E-state index >= 15 is 0 Å². The Hall–Kier alpha value is -3.52. The number of likely N-dealkylation sites (tertiary alicyclic amines) is 1. The number of carbonyl (C=O) groups excluding carboxylic acids is 2. The molecule has 1 aliphatic heterocycles. The second-order valence-electron chi connectivity index (χ2n) is 7.50. The number of rotatable bonds is 7. The molecule has 1 atom stereocenters. The second kappa shape index (κ2) is 9.99. The van der Waals surface area contributed by atoms with Crippen LogP contribution in [0.3, 0.4) is 0 Å². The Kier molecular flexibility index (Phi) is 6.68. The lowest BCUT2D eigenvalue weighted by molar-refractivity contribution is -0.136. The summed E-state index contributed by atoms with van der Waals surface area (Å²) >= 11 is 0. The van der Waals surface area contributed by atoms with Gasteiger partial charge in [0.15, 0.2) is 0 Å². The van der Waals surface area contributed by atoms with Crippen molar-refractivity contribution in [1.82, 2.24) is 19.7 Å². The van der Waals surface area contributed by atoms with Crippen molar-refractivity contribution in [2.24, 2.45) is 0 Å². The predicted molar refractivity (Wildman–Crippen MR) is 115 cm³/mol. The molecule has 3 heterocycles. The average molecular weight is 419 g/mol. The first-order valence-corrected chi connectivity index (χ1v) is 10.4. The van der Waals surface area contributed by atoms with Crippen molar-refractivity contribution in [3.05, 3.63) is 78.4 Å². The number of ether oxygens (including phenoxy) is 1. The molecule has 1 unspecified atom stereocenters. The molecular weight excluding hydrogens is 394 g/mol. The third-order valence-electron chi connectivity index (χ3n) is 5.15. The highest BCUT2D eigenvalue weighted by molar-refractivity contribution is 6.02. The van der Waals surface area contributed by atoms with Gasteiger partial charge < -0.3 is 15.0 Å². The Morgan fingerprint density at radius 3 is 2.77 bits per heavy atom. The topological polar surface area (TPSA) is 89.4 Å². The smallest absolute Gasteiger partial charge is 0.274 e. The molecule has 1 aliphatic rings. The molecule has 0 spiro atoms. The Morgan fingerprint density at radius 2 is 1.97 bits per heavy atom. The van der Waals surface area contributed by atoms with E-state index in [9.17, 15) is 9.59 Å². The van der Waals surface area contributed by atoms with Crippen molar-refractivity contribution in [2.75, 3.05) is 18.4 Å². The van der Waals surface area contributed by atoms with E-state index < -0.39 is 0 Å². The first-order chi connectivity index (χ1) is 15.2. The minimum absolute atomic E-state index is 0.0151. The van der Waals surface area contributed by atoms with Crippen LogP contribution in [0.4, 0.5) is 5.69 Å². The van der Waals surface area contributed by atoms with Crippen LogP contribution in [0, 0.1) is 0 Å². The van der Waals surface area contributed by atoms with Crippen LogP contribution < -0.4 is 5.32 Å². The maximum Gasteiger partial charge on any atom is 0.274 e. The van der Waals surface area contributed by atoms with Crippen LogP contribution >= 0.6 is 0 Å². The Balaban J connectivity index is 1.27. The molecule has 2 amide bonds. The van der Waals surface area contributed by atoms with Gasteiger partial charge in [0.25, 0.3) is 5.91 Å². The number of aromatic nitrogens is 3. The van der Waals surface area contributed by atoms with Gasteiger partial charge in [0.1, 0.15) is 12.2 Å². The van der Waals surface area contributed by atoms with E-state index in [4.69, 9.17) is 4.74 Å². The van der Waals surface area contributed by atoms with Gasteiger partial charge in [0, 0.05) is 25.5 Å². The zero-order chi connectivity index (χ0) is 21.5. The molecule has 31 heavy (non-hydrogen) atoms. The van der Waals surface area contributed by atoms with Crippen molar-refractivity contribution < 1.29 is 14.3 Å². The Morgan fingerprint density at radius 1 is 1.13 bits per heavy atom. The highest BCUT2D eigenvalue weighted by Crippen LogP contribution is 2.16. The highest BCUT2D eigenvalue weighted by atomic mass is 16.5. The van der Waals surface area contributed by atoms with Crippen molar-refractivity contribution in [2.45, 2.75) is 32.1 Å². The van der Waals surface area contributed by atoms with Gasteiger partial charge >= 0.3 is 0 Å². The van der Waals surface area contributed by atoms with Crippen LogP contribution in [0.5, 0.6) is 0 Å². The van der Waals surface area contributed by atoms with Crippen LogP contribution in [0.2, 0.25) is 0 Å². The van der Waals surface area contributed by atoms with Crippen LogP contribution in [0.15, 0.2) is 67.1 Å². The molecule has 0 saturated carbocycles. The summed E-state index contributed by atoms with van der Waals surface area (Å²) in [6.45, 7) is 1.96. The number of amides is 2. The van der Waals surface area contributed by atoms with Gasteiger partial charge in [-0.3, -0.25) is 19.3 Å². The first kappa shape index (κ1) is 20.7. The molecule has 4 rings (SSSR count). The number of piperidine rings is 1. The van der Waals surface area contributed by atoms with E-state index in [1.54, 1.807) is 30.6 Å². The molecule has 160 valence electrons. The minimum Gasteiger partial charge on any atom is -0.372 e. The van der Waals surface area contributed by atoms with Gasteiger partial charge in [-0.25, -0.2) is 0 Å². The van der Waals surface area contributed by atoms with E-state index in [1.165, 1.54) is 10.9 Å². The molecular formula is C23H25N5O3. The fourth-order valence-electron chi connectivity index (χ4n) is 3.53. The number of pyridine rings is 1. The van der Waals surface area contributed by atoms with E-state index in [-0.39, 0.29) is 24.5 Å². The molecule has 0 aliphatic carbocycles. The second-order valence-corrected chi connectivity index (χ2v) is 7.50. The summed E-state index contributed by atoms with van der Waals surface area (Å²) < 4.78 is 7.55. The van der Waals surface area contributed by atoms with E-state index in [1.807, 2.05) is 35.2 Å². The van der Waals surface area contributed by atoms with Crippen LogP contribution in [0.25, 0.3) is 0 Å². The van der Waals surface area contributed by atoms with Gasteiger partial charge in [-0.2, -0.15) is 5.10 Å². The monoisotopic (exact) mass is 419 g/mol. The fourth-order valence-corrected chi connectivity index (χ4v) is 3.53. The summed E-state index contributed by atoms with van der Waals surface area (Å²) in [5.74, 6) is -0.334. The van der Waals surface area contributed by atoms with Gasteiger partial charge in [0.2, 0.25) is 5.91 Å². The SMILES string of the molecule is O=C(Nc1cnn(CC(=O)N2CCCC(OCc3ccccc3)C2)c1)c1ccccn1. The van der Waals surface area contributed by atoms with Crippen LogP contribution in [-0.4, -0.2) is 50.7 Å². The van der Waals surface area contributed by atoms with E-state index in [0.717, 1.165) is 18.4 Å². The number of nitrogens with one attached hydrogen (secondary N) is 1. The van der Waals surface area contributed by atoms with E-state index in [0.29, 0.717) is 31.1 Å². The normalized spacial score (nSPS) is 16.1. The number of carbonyl (C=O) groups is 2. The predicted octanol–water partition coefficient (Wildman–Crippen LogP) is 2.74. The highest BCUT2D eigenvalue weighted by Gasteiger charge is 2.24. The van der Waals surface area contributed by atoms with Gasteiger partial charge in [-0.05, 0) is 30.5 Å². The summed E-state index contributed by atoms with van der Waals surface area (Å²) in [5.41, 5.74) is 1.97. The Labute approximate surface area is 180 Å². The summed E-state index contributed by atoms with van der Waals surface area (Å²) in [7, 11) is 0. The molecule has 8 heteroatoms. The minimum atomic E-state index is -0.319. The molecule has 1 aromatic carbocycles. The number of benzene rings is 1. The molecule has 0 bridgehead atoms. The molecule has 0 radical (unpaired) electrons. The van der Waals surface area contributed by atoms with Gasteiger partial charge in [0.05, 0.1) is 24.6 Å². The third kappa shape index (κ3) is 5.76. The van der Waals surface area contributed by atoms with Crippen molar-refractivity contribution in [3.8, 4) is 0 Å². The number of anilines is 1.